The first-order chi connectivity index (χ1) is 8.58. The summed E-state index contributed by atoms with van der Waals surface area (Å²) in [5.74, 6) is -0.995. The van der Waals surface area contributed by atoms with Crippen LogP contribution in [0, 0.1) is 17.2 Å². The third kappa shape index (κ3) is 1.95. The number of nitrogens with one attached hydrogen (secondary N) is 1. The molecular weight excluding hydrogens is 242 g/mol. The lowest BCUT2D eigenvalue weighted by molar-refractivity contribution is -0.0470. The van der Waals surface area contributed by atoms with Gasteiger partial charge in [0.05, 0.1) is 12.7 Å². The molecule has 0 spiro atoms. The van der Waals surface area contributed by atoms with Crippen LogP contribution in [0.4, 0.5) is 0 Å². The Labute approximate surface area is 101 Å². The minimum absolute atomic E-state index is 0.464. The van der Waals surface area contributed by atoms with Crippen molar-refractivity contribution < 1.29 is 14.9 Å². The van der Waals surface area contributed by atoms with E-state index in [0.29, 0.717) is 0 Å². The molecule has 1 aliphatic rings. The molecule has 1 fully saturated rings. The highest BCUT2D eigenvalue weighted by Gasteiger charge is 2.44. The van der Waals surface area contributed by atoms with Crippen molar-refractivity contribution in [2.45, 2.75) is 18.4 Å². The second kappa shape index (κ2) is 4.73. The zero-order chi connectivity index (χ0) is 13.3. The summed E-state index contributed by atoms with van der Waals surface area (Å²) in [5.41, 5.74) is -1.31. The molecule has 3 N–H and O–H groups in total. The van der Waals surface area contributed by atoms with Crippen LogP contribution in [0.3, 0.4) is 0 Å². The molecule has 8 nitrogen and oxygen atoms in total. The van der Waals surface area contributed by atoms with Crippen molar-refractivity contribution >= 4 is 0 Å². The van der Waals surface area contributed by atoms with Crippen LogP contribution in [0.25, 0.3) is 0 Å². The fourth-order valence-corrected chi connectivity index (χ4v) is 1.90. The van der Waals surface area contributed by atoms with E-state index in [0.717, 1.165) is 10.6 Å². The molecule has 0 amide bonds. The van der Waals surface area contributed by atoms with Gasteiger partial charge < -0.3 is 14.9 Å². The van der Waals surface area contributed by atoms with Gasteiger partial charge in [0.2, 0.25) is 0 Å². The van der Waals surface area contributed by atoms with Crippen LogP contribution in [0.2, 0.25) is 0 Å². The Bertz CT molecular complexity index is 586. The molecule has 0 radical (unpaired) electrons. The fraction of sp³-hybridized carbons (Fsp3) is 0.500. The number of aliphatic hydroxyl groups is 2. The molecule has 1 saturated heterocycles. The number of ether oxygens (including phenoxy) is 1. The van der Waals surface area contributed by atoms with Crippen LogP contribution in [0.1, 0.15) is 6.23 Å². The summed E-state index contributed by atoms with van der Waals surface area (Å²) in [6.45, 7) is -0.464. The maximum Gasteiger partial charge on any atom is 0.330 e. The van der Waals surface area contributed by atoms with Gasteiger partial charge in [-0.25, -0.2) is 4.79 Å². The Balaban J connectivity index is 2.42. The molecular formula is C10H11N3O5. The van der Waals surface area contributed by atoms with E-state index in [-0.39, 0.29) is 0 Å². The SMILES string of the molecule is N#C[C@H]1[C@H](O)[C@@H](CO)O[C@H]1n1ccc(=O)[nH]c1=O. The van der Waals surface area contributed by atoms with Crippen molar-refractivity contribution in [3.8, 4) is 6.07 Å². The van der Waals surface area contributed by atoms with Crippen LogP contribution in [-0.2, 0) is 4.74 Å². The lowest BCUT2D eigenvalue weighted by Gasteiger charge is -2.15. The van der Waals surface area contributed by atoms with Crippen LogP contribution in [-0.4, -0.2) is 38.6 Å². The normalized spacial score (nSPS) is 31.2. The minimum Gasteiger partial charge on any atom is -0.394 e. The standard InChI is InChI=1S/C10H11N3O5/c11-3-5-8(16)6(4-14)18-9(5)13-2-1-7(15)12-10(13)17/h1-2,5-6,8-9,14,16H,4H2,(H,12,15,17)/t5-,6+,8-,9+/m0/s1. The molecule has 2 heterocycles. The van der Waals surface area contributed by atoms with Gasteiger partial charge in [-0.15, -0.1) is 0 Å². The summed E-state index contributed by atoms with van der Waals surface area (Å²) in [5, 5.41) is 27.7. The van der Waals surface area contributed by atoms with E-state index in [1.165, 1.54) is 6.20 Å². The summed E-state index contributed by atoms with van der Waals surface area (Å²) in [7, 11) is 0. The number of hydrogen-bond donors (Lipinski definition) is 3. The molecule has 8 heteroatoms. The number of aliphatic hydroxyl groups excluding tert-OH is 2. The molecule has 0 unspecified atom stereocenters. The Kier molecular flexibility index (Phi) is 3.29. The summed E-state index contributed by atoms with van der Waals surface area (Å²) in [4.78, 5) is 24.5. The summed E-state index contributed by atoms with van der Waals surface area (Å²) in [6.07, 6.45) is -1.98. The van der Waals surface area contributed by atoms with Crippen molar-refractivity contribution in [1.82, 2.24) is 9.55 Å². The van der Waals surface area contributed by atoms with E-state index < -0.39 is 42.2 Å². The third-order valence-electron chi connectivity index (χ3n) is 2.82. The Morgan fingerprint density at radius 3 is 2.83 bits per heavy atom. The van der Waals surface area contributed by atoms with E-state index in [1.807, 2.05) is 11.1 Å². The van der Waals surface area contributed by atoms with E-state index in [9.17, 15) is 14.7 Å². The zero-order valence-electron chi connectivity index (χ0n) is 9.18. The highest BCUT2D eigenvalue weighted by Crippen LogP contribution is 2.33. The van der Waals surface area contributed by atoms with Gasteiger partial charge in [0, 0.05) is 12.3 Å². The van der Waals surface area contributed by atoms with E-state index >= 15 is 0 Å². The van der Waals surface area contributed by atoms with Crippen LogP contribution >= 0.6 is 0 Å². The van der Waals surface area contributed by atoms with Crippen LogP contribution in [0.15, 0.2) is 21.9 Å². The molecule has 0 bridgehead atoms. The molecule has 1 aromatic heterocycles. The third-order valence-corrected chi connectivity index (χ3v) is 2.82. The van der Waals surface area contributed by atoms with E-state index in [1.54, 1.807) is 0 Å². The fourth-order valence-electron chi connectivity index (χ4n) is 1.90. The minimum atomic E-state index is -1.19. The summed E-state index contributed by atoms with van der Waals surface area (Å²) in [6, 6.07) is 2.94. The molecule has 18 heavy (non-hydrogen) atoms. The first kappa shape index (κ1) is 12.5. The summed E-state index contributed by atoms with van der Waals surface area (Å²) >= 11 is 0. The second-order valence-corrected chi connectivity index (χ2v) is 3.91. The van der Waals surface area contributed by atoms with Gasteiger partial charge in [0.25, 0.3) is 5.56 Å². The van der Waals surface area contributed by atoms with Crippen molar-refractivity contribution in [3.05, 3.63) is 33.1 Å². The smallest absolute Gasteiger partial charge is 0.330 e. The average molecular weight is 253 g/mol. The maximum absolute atomic E-state index is 11.6. The first-order valence-corrected chi connectivity index (χ1v) is 5.24. The molecule has 96 valence electrons. The number of rotatable bonds is 2. The van der Waals surface area contributed by atoms with Crippen LogP contribution in [0.5, 0.6) is 0 Å². The number of nitriles is 1. The molecule has 0 aromatic carbocycles. The van der Waals surface area contributed by atoms with Crippen LogP contribution < -0.4 is 11.2 Å². The van der Waals surface area contributed by atoms with E-state index in [2.05, 4.69) is 0 Å². The van der Waals surface area contributed by atoms with E-state index in [4.69, 9.17) is 15.1 Å². The lowest BCUT2D eigenvalue weighted by Crippen LogP contribution is -2.34. The molecule has 0 saturated carbocycles. The zero-order valence-corrected chi connectivity index (χ0v) is 9.18. The summed E-state index contributed by atoms with van der Waals surface area (Å²) < 4.78 is 6.26. The molecule has 0 aliphatic carbocycles. The van der Waals surface area contributed by atoms with Crippen molar-refractivity contribution in [2.75, 3.05) is 6.61 Å². The van der Waals surface area contributed by atoms with Crippen molar-refractivity contribution in [1.29, 1.82) is 5.26 Å². The molecule has 1 aromatic rings. The largest absolute Gasteiger partial charge is 0.394 e. The van der Waals surface area contributed by atoms with Crippen molar-refractivity contribution in [3.63, 3.8) is 0 Å². The van der Waals surface area contributed by atoms with Gasteiger partial charge in [-0.1, -0.05) is 0 Å². The number of aromatic nitrogens is 2. The van der Waals surface area contributed by atoms with Crippen molar-refractivity contribution in [2.24, 2.45) is 5.92 Å². The number of nitrogens with zero attached hydrogens (tertiary/aromatic N) is 2. The number of H-pyrrole nitrogens is 1. The average Bonchev–Trinajstić information content (AvgIpc) is 2.65. The number of hydrogen-bond acceptors (Lipinski definition) is 6. The predicted octanol–water partition coefficient (Wildman–Crippen LogP) is -2.07. The monoisotopic (exact) mass is 253 g/mol. The molecule has 2 rings (SSSR count). The van der Waals surface area contributed by atoms with Gasteiger partial charge in [0.15, 0.2) is 6.23 Å². The molecule has 4 atom stereocenters. The molecule has 1 aliphatic heterocycles. The number of aromatic amines is 1. The topological polar surface area (TPSA) is 128 Å². The maximum atomic E-state index is 11.6. The first-order valence-electron chi connectivity index (χ1n) is 5.24. The Morgan fingerprint density at radius 1 is 1.56 bits per heavy atom. The van der Waals surface area contributed by atoms with Gasteiger partial charge >= 0.3 is 5.69 Å². The van der Waals surface area contributed by atoms with Gasteiger partial charge in [-0.3, -0.25) is 14.3 Å². The Morgan fingerprint density at radius 2 is 2.28 bits per heavy atom. The highest BCUT2D eigenvalue weighted by molar-refractivity contribution is 5.01. The Hall–Kier alpha value is -1.95. The van der Waals surface area contributed by atoms with Gasteiger partial charge in [-0.05, 0) is 0 Å². The lowest BCUT2D eigenvalue weighted by atomic mass is 10.0. The quantitative estimate of drug-likeness (QED) is 0.555. The predicted molar refractivity (Wildman–Crippen MR) is 57.4 cm³/mol. The van der Waals surface area contributed by atoms with Gasteiger partial charge in [0.1, 0.15) is 18.1 Å². The highest BCUT2D eigenvalue weighted by atomic mass is 16.5. The van der Waals surface area contributed by atoms with Gasteiger partial charge in [-0.2, -0.15) is 5.26 Å². The second-order valence-electron chi connectivity index (χ2n) is 3.91.